The Balaban J connectivity index is 1.74. The van der Waals surface area contributed by atoms with Crippen LogP contribution in [0.25, 0.3) is 10.9 Å². The molecule has 2 aromatic rings. The van der Waals surface area contributed by atoms with Gasteiger partial charge in [-0.2, -0.15) is 0 Å². The molecule has 1 aliphatic carbocycles. The highest BCUT2D eigenvalue weighted by Crippen LogP contribution is 2.44. The summed E-state index contributed by atoms with van der Waals surface area (Å²) in [5.41, 5.74) is 1.03. The third-order valence-electron chi connectivity index (χ3n) is 3.74. The average Bonchev–Trinajstić information content (AvgIpc) is 3.07. The standard InChI is InChI=1S/C14H15FN2O2/c15-10-1-2-11-9(5-10)6-12(17-11)13(19)16-7-14(8-18)3-4-14/h1-2,5-6,17-18H,3-4,7-8H2,(H,16,19). The summed E-state index contributed by atoms with van der Waals surface area (Å²) >= 11 is 0. The highest BCUT2D eigenvalue weighted by molar-refractivity contribution is 5.98. The molecule has 1 amide bonds. The molecular formula is C14H15FN2O2. The van der Waals surface area contributed by atoms with Crippen molar-refractivity contribution in [2.45, 2.75) is 12.8 Å². The van der Waals surface area contributed by atoms with Crippen molar-refractivity contribution in [3.05, 3.63) is 35.8 Å². The topological polar surface area (TPSA) is 65.1 Å². The smallest absolute Gasteiger partial charge is 0.267 e. The van der Waals surface area contributed by atoms with Crippen LogP contribution in [0.15, 0.2) is 24.3 Å². The van der Waals surface area contributed by atoms with Gasteiger partial charge in [-0.05, 0) is 37.1 Å². The molecule has 0 saturated heterocycles. The summed E-state index contributed by atoms with van der Waals surface area (Å²) in [5, 5.41) is 12.7. The fraction of sp³-hybridized carbons (Fsp3) is 0.357. The number of aliphatic hydroxyl groups is 1. The second-order valence-electron chi connectivity index (χ2n) is 5.26. The molecule has 1 saturated carbocycles. The van der Waals surface area contributed by atoms with Gasteiger partial charge in [-0.3, -0.25) is 4.79 Å². The maximum absolute atomic E-state index is 13.1. The predicted octanol–water partition coefficient (Wildman–Crippen LogP) is 1.81. The monoisotopic (exact) mass is 262 g/mol. The number of carbonyl (C=O) groups is 1. The van der Waals surface area contributed by atoms with Gasteiger partial charge in [-0.15, -0.1) is 0 Å². The zero-order valence-corrected chi connectivity index (χ0v) is 10.4. The summed E-state index contributed by atoms with van der Waals surface area (Å²) in [6.07, 6.45) is 1.89. The largest absolute Gasteiger partial charge is 0.396 e. The van der Waals surface area contributed by atoms with E-state index in [9.17, 15) is 14.3 Å². The van der Waals surface area contributed by atoms with E-state index in [2.05, 4.69) is 10.3 Å². The number of aromatic amines is 1. The molecule has 0 spiro atoms. The Hall–Kier alpha value is -1.88. The van der Waals surface area contributed by atoms with Gasteiger partial charge in [0.15, 0.2) is 0 Å². The fourth-order valence-electron chi connectivity index (χ4n) is 2.16. The van der Waals surface area contributed by atoms with Gasteiger partial charge >= 0.3 is 0 Å². The number of hydrogen-bond acceptors (Lipinski definition) is 2. The zero-order valence-electron chi connectivity index (χ0n) is 10.4. The van der Waals surface area contributed by atoms with Crippen LogP contribution < -0.4 is 5.32 Å². The Bertz CT molecular complexity index is 631. The second kappa shape index (κ2) is 4.35. The average molecular weight is 262 g/mol. The molecule has 0 atom stereocenters. The quantitative estimate of drug-likeness (QED) is 0.786. The Morgan fingerprint density at radius 1 is 1.42 bits per heavy atom. The summed E-state index contributed by atoms with van der Waals surface area (Å²) < 4.78 is 13.1. The molecule has 1 aromatic heterocycles. The number of rotatable bonds is 4. The van der Waals surface area contributed by atoms with Crippen LogP contribution >= 0.6 is 0 Å². The summed E-state index contributed by atoms with van der Waals surface area (Å²) in [5.74, 6) is -0.549. The van der Waals surface area contributed by atoms with Crippen molar-refractivity contribution in [1.29, 1.82) is 0 Å². The number of carbonyl (C=O) groups excluding carboxylic acids is 1. The van der Waals surface area contributed by atoms with Crippen molar-refractivity contribution in [3.63, 3.8) is 0 Å². The number of amides is 1. The van der Waals surface area contributed by atoms with Gasteiger partial charge in [0, 0.05) is 22.9 Å². The number of halogens is 1. The third-order valence-corrected chi connectivity index (χ3v) is 3.74. The lowest BCUT2D eigenvalue weighted by Gasteiger charge is -2.11. The highest BCUT2D eigenvalue weighted by atomic mass is 19.1. The molecule has 0 aliphatic heterocycles. The highest BCUT2D eigenvalue weighted by Gasteiger charge is 2.42. The van der Waals surface area contributed by atoms with Crippen LogP contribution in [-0.2, 0) is 0 Å². The summed E-state index contributed by atoms with van der Waals surface area (Å²) in [6, 6.07) is 5.98. The first-order valence-corrected chi connectivity index (χ1v) is 6.29. The zero-order chi connectivity index (χ0) is 13.5. The minimum Gasteiger partial charge on any atom is -0.396 e. The van der Waals surface area contributed by atoms with Gasteiger partial charge in [-0.25, -0.2) is 4.39 Å². The minimum absolute atomic E-state index is 0.102. The Kier molecular flexibility index (Phi) is 2.78. The Morgan fingerprint density at radius 3 is 2.89 bits per heavy atom. The van der Waals surface area contributed by atoms with E-state index < -0.39 is 0 Å². The van der Waals surface area contributed by atoms with Gasteiger partial charge in [0.25, 0.3) is 5.91 Å². The first-order chi connectivity index (χ1) is 9.12. The van der Waals surface area contributed by atoms with Crippen LogP contribution in [-0.4, -0.2) is 29.1 Å². The lowest BCUT2D eigenvalue weighted by Crippen LogP contribution is -2.32. The lowest BCUT2D eigenvalue weighted by molar-refractivity contribution is 0.0931. The molecule has 0 unspecified atom stereocenters. The Labute approximate surface area is 109 Å². The Morgan fingerprint density at radius 2 is 2.21 bits per heavy atom. The molecular weight excluding hydrogens is 247 g/mol. The first kappa shape index (κ1) is 12.2. The fourth-order valence-corrected chi connectivity index (χ4v) is 2.16. The summed E-state index contributed by atoms with van der Waals surface area (Å²) in [6.45, 7) is 0.581. The normalized spacial score (nSPS) is 16.5. The molecule has 0 radical (unpaired) electrons. The van der Waals surface area contributed by atoms with Crippen molar-refractivity contribution >= 4 is 16.8 Å². The number of fused-ring (bicyclic) bond motifs is 1. The number of hydrogen-bond donors (Lipinski definition) is 3. The SMILES string of the molecule is O=C(NCC1(CO)CC1)c1cc2cc(F)ccc2[nH]1. The molecule has 4 nitrogen and oxygen atoms in total. The number of H-pyrrole nitrogens is 1. The summed E-state index contributed by atoms with van der Waals surface area (Å²) in [7, 11) is 0. The van der Waals surface area contributed by atoms with Gasteiger partial charge in [0.05, 0.1) is 6.61 Å². The minimum atomic E-state index is -0.323. The molecule has 1 aromatic carbocycles. The van der Waals surface area contributed by atoms with Gasteiger partial charge in [-0.1, -0.05) is 0 Å². The second-order valence-corrected chi connectivity index (χ2v) is 5.26. The molecule has 3 N–H and O–H groups in total. The number of aliphatic hydroxyl groups excluding tert-OH is 1. The number of benzene rings is 1. The van der Waals surface area contributed by atoms with Crippen LogP contribution in [0.1, 0.15) is 23.3 Å². The van der Waals surface area contributed by atoms with Crippen LogP contribution in [0.5, 0.6) is 0 Å². The lowest BCUT2D eigenvalue weighted by atomic mass is 10.1. The maximum atomic E-state index is 13.1. The van der Waals surface area contributed by atoms with E-state index in [1.807, 2.05) is 0 Å². The molecule has 0 bridgehead atoms. The van der Waals surface area contributed by atoms with Crippen LogP contribution in [0.4, 0.5) is 4.39 Å². The molecule has 1 heterocycles. The maximum Gasteiger partial charge on any atom is 0.267 e. The van der Waals surface area contributed by atoms with Crippen LogP contribution in [0.3, 0.4) is 0 Å². The van der Waals surface area contributed by atoms with E-state index in [1.54, 1.807) is 12.1 Å². The molecule has 19 heavy (non-hydrogen) atoms. The van der Waals surface area contributed by atoms with Crippen molar-refractivity contribution < 1.29 is 14.3 Å². The van der Waals surface area contributed by atoms with Crippen molar-refractivity contribution in [2.24, 2.45) is 5.41 Å². The van der Waals surface area contributed by atoms with Gasteiger partial charge < -0.3 is 15.4 Å². The van der Waals surface area contributed by atoms with Crippen molar-refractivity contribution in [1.82, 2.24) is 10.3 Å². The van der Waals surface area contributed by atoms with Gasteiger partial charge in [0.1, 0.15) is 11.5 Å². The van der Waals surface area contributed by atoms with Crippen molar-refractivity contribution in [2.75, 3.05) is 13.2 Å². The van der Waals surface area contributed by atoms with E-state index in [-0.39, 0.29) is 23.7 Å². The summed E-state index contributed by atoms with van der Waals surface area (Å²) in [4.78, 5) is 14.9. The number of nitrogens with one attached hydrogen (secondary N) is 2. The molecule has 100 valence electrons. The van der Waals surface area contributed by atoms with E-state index >= 15 is 0 Å². The van der Waals surface area contributed by atoms with E-state index in [0.717, 1.165) is 18.4 Å². The first-order valence-electron chi connectivity index (χ1n) is 6.29. The molecule has 5 heteroatoms. The molecule has 1 fully saturated rings. The van der Waals surface area contributed by atoms with Crippen LogP contribution in [0.2, 0.25) is 0 Å². The molecule has 1 aliphatic rings. The molecule has 3 rings (SSSR count). The van der Waals surface area contributed by atoms with E-state index in [1.165, 1.54) is 12.1 Å². The third kappa shape index (κ3) is 2.33. The van der Waals surface area contributed by atoms with E-state index in [4.69, 9.17) is 0 Å². The van der Waals surface area contributed by atoms with Gasteiger partial charge in [0.2, 0.25) is 0 Å². The number of aromatic nitrogens is 1. The van der Waals surface area contributed by atoms with Crippen molar-refractivity contribution in [3.8, 4) is 0 Å². The van der Waals surface area contributed by atoms with Crippen LogP contribution in [0, 0.1) is 11.2 Å². The predicted molar refractivity (Wildman–Crippen MR) is 69.3 cm³/mol. The van der Waals surface area contributed by atoms with E-state index in [0.29, 0.717) is 17.6 Å².